The van der Waals surface area contributed by atoms with Crippen LogP contribution in [0.3, 0.4) is 0 Å². The van der Waals surface area contributed by atoms with Gasteiger partial charge in [-0.15, -0.1) is 0 Å². The quantitative estimate of drug-likeness (QED) is 0.765. The van der Waals surface area contributed by atoms with Gasteiger partial charge in [-0.05, 0) is 38.8 Å². The monoisotopic (exact) mass is 296 g/mol. The summed E-state index contributed by atoms with van der Waals surface area (Å²) < 4.78 is 5.99. The maximum Gasteiger partial charge on any atom is 0.225 e. The van der Waals surface area contributed by atoms with E-state index >= 15 is 0 Å². The molecule has 2 unspecified atom stereocenters. The van der Waals surface area contributed by atoms with E-state index in [1.165, 1.54) is 6.42 Å². The number of nitrogens with one attached hydrogen (secondary N) is 1. The van der Waals surface area contributed by atoms with Gasteiger partial charge in [0.1, 0.15) is 0 Å². The van der Waals surface area contributed by atoms with Gasteiger partial charge < -0.3 is 15.0 Å². The Morgan fingerprint density at radius 3 is 2.57 bits per heavy atom. The fourth-order valence-corrected chi connectivity index (χ4v) is 3.68. The Morgan fingerprint density at radius 2 is 2.00 bits per heavy atom. The minimum absolute atomic E-state index is 0.0745. The second kappa shape index (κ2) is 7.10. The second-order valence-corrected chi connectivity index (χ2v) is 7.26. The van der Waals surface area contributed by atoms with Crippen LogP contribution in [0.1, 0.15) is 52.9 Å². The van der Waals surface area contributed by atoms with E-state index in [1.807, 2.05) is 11.9 Å². The number of nitrogens with zero attached hydrogens (tertiary/aromatic N) is 1. The zero-order valence-corrected chi connectivity index (χ0v) is 14.2. The van der Waals surface area contributed by atoms with Crippen molar-refractivity contribution in [3.8, 4) is 0 Å². The van der Waals surface area contributed by atoms with Crippen molar-refractivity contribution in [3.63, 3.8) is 0 Å². The predicted molar refractivity (Wildman–Crippen MR) is 85.2 cm³/mol. The van der Waals surface area contributed by atoms with Crippen LogP contribution in [-0.2, 0) is 9.53 Å². The van der Waals surface area contributed by atoms with E-state index in [1.54, 1.807) is 0 Å². The number of amides is 1. The van der Waals surface area contributed by atoms with Crippen molar-refractivity contribution in [2.45, 2.75) is 65.0 Å². The highest BCUT2D eigenvalue weighted by Crippen LogP contribution is 2.46. The van der Waals surface area contributed by atoms with Crippen LogP contribution in [0.25, 0.3) is 0 Å². The summed E-state index contributed by atoms with van der Waals surface area (Å²) >= 11 is 0. The Morgan fingerprint density at radius 1 is 1.33 bits per heavy atom. The highest BCUT2D eigenvalue weighted by molar-refractivity contribution is 5.79. The molecular weight excluding hydrogens is 264 g/mol. The number of carbonyl (C=O) groups excluding carboxylic acids is 1. The van der Waals surface area contributed by atoms with Crippen LogP contribution in [0.4, 0.5) is 0 Å². The molecule has 1 aliphatic heterocycles. The molecule has 2 aliphatic rings. The van der Waals surface area contributed by atoms with Crippen LogP contribution in [0.15, 0.2) is 0 Å². The first kappa shape index (κ1) is 16.8. The van der Waals surface area contributed by atoms with Crippen molar-refractivity contribution >= 4 is 5.91 Å². The summed E-state index contributed by atoms with van der Waals surface area (Å²) in [5.41, 5.74) is 0.0745. The van der Waals surface area contributed by atoms with Gasteiger partial charge in [0, 0.05) is 31.0 Å². The minimum Gasteiger partial charge on any atom is -0.378 e. The lowest BCUT2D eigenvalue weighted by molar-refractivity contribution is -0.168. The SMILES string of the molecule is CCCCOC1CC(N(C)C(=O)C2CCNCC2)C1(C)C. The van der Waals surface area contributed by atoms with Crippen LogP contribution >= 0.6 is 0 Å². The van der Waals surface area contributed by atoms with E-state index in [-0.39, 0.29) is 11.3 Å². The Labute approximate surface area is 129 Å². The number of carbonyl (C=O) groups is 1. The largest absolute Gasteiger partial charge is 0.378 e. The van der Waals surface area contributed by atoms with Gasteiger partial charge >= 0.3 is 0 Å². The van der Waals surface area contributed by atoms with Gasteiger partial charge in [0.15, 0.2) is 0 Å². The van der Waals surface area contributed by atoms with Crippen molar-refractivity contribution in [1.82, 2.24) is 10.2 Å². The average molecular weight is 296 g/mol. The van der Waals surface area contributed by atoms with E-state index in [0.717, 1.165) is 45.4 Å². The van der Waals surface area contributed by atoms with Crippen LogP contribution in [0, 0.1) is 11.3 Å². The topological polar surface area (TPSA) is 41.6 Å². The lowest BCUT2D eigenvalue weighted by Gasteiger charge is -2.55. The summed E-state index contributed by atoms with van der Waals surface area (Å²) in [5, 5.41) is 3.33. The molecule has 0 bridgehead atoms. The maximum atomic E-state index is 12.6. The molecule has 21 heavy (non-hydrogen) atoms. The van der Waals surface area contributed by atoms with Gasteiger partial charge in [-0.25, -0.2) is 0 Å². The molecule has 0 radical (unpaired) electrons. The zero-order chi connectivity index (χ0) is 15.5. The van der Waals surface area contributed by atoms with Gasteiger partial charge in [0.25, 0.3) is 0 Å². The molecule has 1 saturated carbocycles. The summed E-state index contributed by atoms with van der Waals surface area (Å²) in [6.45, 7) is 9.46. The summed E-state index contributed by atoms with van der Waals surface area (Å²) in [7, 11) is 1.99. The van der Waals surface area contributed by atoms with Gasteiger partial charge in [-0.2, -0.15) is 0 Å². The summed E-state index contributed by atoms with van der Waals surface area (Å²) in [6, 6.07) is 0.325. The number of hydrogen-bond acceptors (Lipinski definition) is 3. The molecule has 2 fully saturated rings. The number of piperidine rings is 1. The molecule has 1 aliphatic carbocycles. The Balaban J connectivity index is 1.85. The fourth-order valence-electron chi connectivity index (χ4n) is 3.68. The molecule has 0 aromatic rings. The first-order chi connectivity index (χ1) is 9.98. The minimum atomic E-state index is 0.0745. The van der Waals surface area contributed by atoms with Crippen molar-refractivity contribution < 1.29 is 9.53 Å². The van der Waals surface area contributed by atoms with Crippen molar-refractivity contribution in [3.05, 3.63) is 0 Å². The summed E-state index contributed by atoms with van der Waals surface area (Å²) in [4.78, 5) is 14.7. The van der Waals surface area contributed by atoms with Crippen LogP contribution in [0.2, 0.25) is 0 Å². The number of unbranched alkanes of at least 4 members (excludes halogenated alkanes) is 1. The Kier molecular flexibility index (Phi) is 5.67. The van der Waals surface area contributed by atoms with Crippen molar-refractivity contribution in [1.29, 1.82) is 0 Å². The Hall–Kier alpha value is -0.610. The second-order valence-electron chi connectivity index (χ2n) is 7.26. The maximum absolute atomic E-state index is 12.6. The third-order valence-corrected chi connectivity index (χ3v) is 5.45. The molecule has 4 nitrogen and oxygen atoms in total. The average Bonchev–Trinajstić information content (AvgIpc) is 2.49. The van der Waals surface area contributed by atoms with Crippen LogP contribution in [0.5, 0.6) is 0 Å². The number of rotatable bonds is 6. The lowest BCUT2D eigenvalue weighted by atomic mass is 9.63. The zero-order valence-electron chi connectivity index (χ0n) is 14.2. The van der Waals surface area contributed by atoms with E-state index in [2.05, 4.69) is 26.1 Å². The van der Waals surface area contributed by atoms with E-state index < -0.39 is 0 Å². The fraction of sp³-hybridized carbons (Fsp3) is 0.941. The molecular formula is C17H32N2O2. The van der Waals surface area contributed by atoms with Gasteiger partial charge in [-0.1, -0.05) is 27.2 Å². The summed E-state index contributed by atoms with van der Waals surface area (Å²) in [6.07, 6.45) is 5.55. The molecule has 0 aromatic heterocycles. The van der Waals surface area contributed by atoms with Gasteiger partial charge in [-0.3, -0.25) is 4.79 Å². The molecule has 2 rings (SSSR count). The van der Waals surface area contributed by atoms with Crippen LogP contribution in [-0.4, -0.2) is 49.7 Å². The van der Waals surface area contributed by atoms with Crippen molar-refractivity contribution in [2.24, 2.45) is 11.3 Å². The van der Waals surface area contributed by atoms with Gasteiger partial charge in [0.05, 0.1) is 6.10 Å². The molecule has 1 heterocycles. The predicted octanol–water partition coefficient (Wildman–Crippen LogP) is 2.43. The third kappa shape index (κ3) is 3.59. The molecule has 1 amide bonds. The van der Waals surface area contributed by atoms with Gasteiger partial charge in [0.2, 0.25) is 5.91 Å². The molecule has 1 saturated heterocycles. The van der Waals surface area contributed by atoms with Crippen molar-refractivity contribution in [2.75, 3.05) is 26.7 Å². The highest BCUT2D eigenvalue weighted by atomic mass is 16.5. The third-order valence-electron chi connectivity index (χ3n) is 5.45. The smallest absolute Gasteiger partial charge is 0.225 e. The highest BCUT2D eigenvalue weighted by Gasteiger charge is 2.52. The molecule has 1 N–H and O–H groups in total. The van der Waals surface area contributed by atoms with E-state index in [9.17, 15) is 4.79 Å². The van der Waals surface area contributed by atoms with Crippen LogP contribution < -0.4 is 5.32 Å². The number of hydrogen-bond donors (Lipinski definition) is 1. The van der Waals surface area contributed by atoms with E-state index in [4.69, 9.17) is 4.74 Å². The molecule has 4 heteroatoms. The first-order valence-corrected chi connectivity index (χ1v) is 8.57. The normalized spacial score (nSPS) is 29.0. The number of ether oxygens (including phenoxy) is 1. The lowest BCUT2D eigenvalue weighted by Crippen LogP contribution is -2.63. The molecule has 2 atom stereocenters. The summed E-state index contributed by atoms with van der Waals surface area (Å²) in [5.74, 6) is 0.550. The Bertz CT molecular complexity index is 351. The molecule has 0 spiro atoms. The molecule has 122 valence electrons. The standard InChI is InChI=1S/C17H32N2O2/c1-5-6-11-21-15-12-14(17(15,2)3)19(4)16(20)13-7-9-18-10-8-13/h13-15,18H,5-12H2,1-4H3. The molecule has 0 aromatic carbocycles. The first-order valence-electron chi connectivity index (χ1n) is 8.57. The van der Waals surface area contributed by atoms with E-state index in [0.29, 0.717) is 18.1 Å².